The first-order valence-corrected chi connectivity index (χ1v) is 9.90. The molecule has 1 saturated heterocycles. The average molecular weight is 379 g/mol. The van der Waals surface area contributed by atoms with E-state index in [0.717, 1.165) is 42.3 Å². The lowest BCUT2D eigenvalue weighted by Crippen LogP contribution is -2.22. The molecule has 0 spiro atoms. The van der Waals surface area contributed by atoms with E-state index in [0.29, 0.717) is 11.7 Å². The van der Waals surface area contributed by atoms with E-state index in [1.165, 1.54) is 5.56 Å². The van der Waals surface area contributed by atoms with Crippen molar-refractivity contribution in [3.8, 4) is 22.8 Å². The molecule has 2 aromatic carbocycles. The zero-order valence-corrected chi connectivity index (χ0v) is 16.0. The number of benzene rings is 2. The molecule has 1 unspecified atom stereocenters. The maximum atomic E-state index is 4.92. The number of aromatic nitrogens is 4. The van der Waals surface area contributed by atoms with Gasteiger partial charge in [-0.05, 0) is 24.1 Å². The van der Waals surface area contributed by atoms with E-state index in [9.17, 15) is 0 Å². The van der Waals surface area contributed by atoms with Gasteiger partial charge in [-0.15, -0.1) is 10.2 Å². The molecule has 5 nitrogen and oxygen atoms in total. The number of rotatable bonds is 4. The standard InChI is InChI=1S/C24H21N5/c1-3-9-18(10-4-1)20-14-16-29(17-20)24-22(19-11-5-2-6-12-19)27-28-23(26-24)21-13-7-8-15-25-21/h1-13,15,20H,14,16-17H2. The molecular weight excluding hydrogens is 358 g/mol. The second-order valence-electron chi connectivity index (χ2n) is 7.23. The van der Waals surface area contributed by atoms with Gasteiger partial charge in [0.05, 0.1) is 0 Å². The number of hydrogen-bond donors (Lipinski definition) is 0. The highest BCUT2D eigenvalue weighted by Crippen LogP contribution is 2.34. The van der Waals surface area contributed by atoms with Gasteiger partial charge in [0.15, 0.2) is 5.82 Å². The Balaban J connectivity index is 1.54. The molecule has 1 aliphatic heterocycles. The minimum Gasteiger partial charge on any atom is -0.354 e. The van der Waals surface area contributed by atoms with E-state index in [-0.39, 0.29) is 0 Å². The van der Waals surface area contributed by atoms with Crippen molar-refractivity contribution in [1.29, 1.82) is 0 Å². The molecule has 142 valence electrons. The Kier molecular flexibility index (Phi) is 4.70. The summed E-state index contributed by atoms with van der Waals surface area (Å²) in [7, 11) is 0. The largest absolute Gasteiger partial charge is 0.354 e. The second kappa shape index (κ2) is 7.80. The van der Waals surface area contributed by atoms with Crippen LogP contribution in [-0.4, -0.2) is 33.3 Å². The highest BCUT2D eigenvalue weighted by Gasteiger charge is 2.28. The molecule has 0 N–H and O–H groups in total. The van der Waals surface area contributed by atoms with Crippen molar-refractivity contribution in [2.75, 3.05) is 18.0 Å². The first kappa shape index (κ1) is 17.5. The predicted molar refractivity (Wildman–Crippen MR) is 115 cm³/mol. The first-order chi connectivity index (χ1) is 14.4. The molecule has 2 aromatic heterocycles. The van der Waals surface area contributed by atoms with Crippen molar-refractivity contribution in [3.05, 3.63) is 90.6 Å². The van der Waals surface area contributed by atoms with Crippen molar-refractivity contribution >= 4 is 5.82 Å². The molecule has 1 fully saturated rings. The molecule has 1 aliphatic rings. The van der Waals surface area contributed by atoms with Gasteiger partial charge in [-0.25, -0.2) is 4.98 Å². The van der Waals surface area contributed by atoms with E-state index in [2.05, 4.69) is 62.5 Å². The van der Waals surface area contributed by atoms with Crippen LogP contribution in [-0.2, 0) is 0 Å². The number of nitrogens with zero attached hydrogens (tertiary/aromatic N) is 5. The summed E-state index contributed by atoms with van der Waals surface area (Å²) in [4.78, 5) is 11.7. The van der Waals surface area contributed by atoms with Gasteiger partial charge in [0.1, 0.15) is 11.4 Å². The molecule has 0 saturated carbocycles. The van der Waals surface area contributed by atoms with Gasteiger partial charge >= 0.3 is 0 Å². The van der Waals surface area contributed by atoms with E-state index >= 15 is 0 Å². The molecule has 5 rings (SSSR count). The summed E-state index contributed by atoms with van der Waals surface area (Å²) in [6.45, 7) is 1.87. The third kappa shape index (κ3) is 3.59. The summed E-state index contributed by atoms with van der Waals surface area (Å²) in [5.74, 6) is 1.93. The van der Waals surface area contributed by atoms with E-state index < -0.39 is 0 Å². The third-order valence-corrected chi connectivity index (χ3v) is 5.37. The molecule has 29 heavy (non-hydrogen) atoms. The summed E-state index contributed by atoms with van der Waals surface area (Å²) in [6, 6.07) is 26.6. The van der Waals surface area contributed by atoms with Gasteiger partial charge in [-0.3, -0.25) is 4.98 Å². The van der Waals surface area contributed by atoms with Crippen LogP contribution in [0.1, 0.15) is 17.9 Å². The van der Waals surface area contributed by atoms with Crippen LogP contribution in [0.5, 0.6) is 0 Å². The van der Waals surface area contributed by atoms with Crippen molar-refractivity contribution in [3.63, 3.8) is 0 Å². The van der Waals surface area contributed by atoms with Crippen LogP contribution in [0.25, 0.3) is 22.8 Å². The smallest absolute Gasteiger partial charge is 0.202 e. The molecule has 0 aliphatic carbocycles. The Morgan fingerprint density at radius 2 is 1.55 bits per heavy atom. The Hall–Kier alpha value is -3.60. The molecule has 0 radical (unpaired) electrons. The van der Waals surface area contributed by atoms with E-state index in [1.54, 1.807) is 6.20 Å². The summed E-state index contributed by atoms with van der Waals surface area (Å²) >= 11 is 0. The number of hydrogen-bond acceptors (Lipinski definition) is 5. The fourth-order valence-electron chi connectivity index (χ4n) is 3.87. The second-order valence-corrected chi connectivity index (χ2v) is 7.23. The SMILES string of the molecule is c1ccc(-c2nnc(-c3ccccn3)nc2N2CCC(c3ccccc3)C2)cc1. The summed E-state index contributed by atoms with van der Waals surface area (Å²) in [6.07, 6.45) is 2.85. The van der Waals surface area contributed by atoms with Crippen molar-refractivity contribution in [1.82, 2.24) is 20.2 Å². The van der Waals surface area contributed by atoms with Crippen LogP contribution >= 0.6 is 0 Å². The Bertz CT molecular complexity index is 1080. The highest BCUT2D eigenvalue weighted by atomic mass is 15.3. The van der Waals surface area contributed by atoms with Crippen LogP contribution in [0.3, 0.4) is 0 Å². The monoisotopic (exact) mass is 379 g/mol. The van der Waals surface area contributed by atoms with Gasteiger partial charge in [-0.1, -0.05) is 66.7 Å². The third-order valence-electron chi connectivity index (χ3n) is 5.37. The van der Waals surface area contributed by atoms with Gasteiger partial charge in [0, 0.05) is 30.8 Å². The maximum absolute atomic E-state index is 4.92. The molecule has 0 amide bonds. The topological polar surface area (TPSA) is 54.8 Å². The normalized spacial score (nSPS) is 16.1. The minimum atomic E-state index is 0.494. The average Bonchev–Trinajstić information content (AvgIpc) is 3.31. The quantitative estimate of drug-likeness (QED) is 0.519. The van der Waals surface area contributed by atoms with Crippen LogP contribution < -0.4 is 4.90 Å². The van der Waals surface area contributed by atoms with Gasteiger partial charge < -0.3 is 4.90 Å². The Labute approximate surface area is 170 Å². The lowest BCUT2D eigenvalue weighted by molar-refractivity contribution is 0.773. The Morgan fingerprint density at radius 3 is 2.31 bits per heavy atom. The maximum Gasteiger partial charge on any atom is 0.202 e. The van der Waals surface area contributed by atoms with Crippen molar-refractivity contribution in [2.45, 2.75) is 12.3 Å². The lowest BCUT2D eigenvalue weighted by atomic mass is 9.99. The molecule has 1 atom stereocenters. The van der Waals surface area contributed by atoms with E-state index in [1.807, 2.05) is 36.4 Å². The first-order valence-electron chi connectivity index (χ1n) is 9.90. The molecule has 0 bridgehead atoms. The molecular formula is C24H21N5. The zero-order chi connectivity index (χ0) is 19.5. The molecule has 5 heteroatoms. The molecule has 3 heterocycles. The van der Waals surface area contributed by atoms with Crippen LogP contribution in [0.2, 0.25) is 0 Å². The Morgan fingerprint density at radius 1 is 0.793 bits per heavy atom. The fraction of sp³-hybridized carbons (Fsp3) is 0.167. The van der Waals surface area contributed by atoms with Crippen LogP contribution in [0.15, 0.2) is 85.1 Å². The molecule has 4 aromatic rings. The zero-order valence-electron chi connectivity index (χ0n) is 16.0. The fourth-order valence-corrected chi connectivity index (χ4v) is 3.87. The summed E-state index contributed by atoms with van der Waals surface area (Å²) < 4.78 is 0. The predicted octanol–water partition coefficient (Wildman–Crippen LogP) is 4.59. The summed E-state index contributed by atoms with van der Waals surface area (Å²) in [5, 5.41) is 8.96. The van der Waals surface area contributed by atoms with Gasteiger partial charge in [0.25, 0.3) is 0 Å². The highest BCUT2D eigenvalue weighted by molar-refractivity contribution is 5.73. The number of anilines is 1. The summed E-state index contributed by atoms with van der Waals surface area (Å²) in [5.41, 5.74) is 3.96. The van der Waals surface area contributed by atoms with E-state index in [4.69, 9.17) is 4.98 Å². The minimum absolute atomic E-state index is 0.494. The van der Waals surface area contributed by atoms with Crippen molar-refractivity contribution in [2.24, 2.45) is 0 Å². The van der Waals surface area contributed by atoms with Crippen LogP contribution in [0.4, 0.5) is 5.82 Å². The lowest BCUT2D eigenvalue weighted by Gasteiger charge is -2.20. The van der Waals surface area contributed by atoms with Gasteiger partial charge in [-0.2, -0.15) is 0 Å². The number of pyridine rings is 1. The van der Waals surface area contributed by atoms with Crippen molar-refractivity contribution < 1.29 is 0 Å². The van der Waals surface area contributed by atoms with Crippen LogP contribution in [0, 0.1) is 0 Å². The van der Waals surface area contributed by atoms with Gasteiger partial charge in [0.2, 0.25) is 5.82 Å².